The third-order valence-electron chi connectivity index (χ3n) is 5.53. The zero-order chi connectivity index (χ0) is 22.5. The maximum atomic E-state index is 13.2. The highest BCUT2D eigenvalue weighted by molar-refractivity contribution is 7.99. The zero-order valence-corrected chi connectivity index (χ0v) is 19.1. The topological polar surface area (TPSA) is 80.1 Å². The number of benzene rings is 2. The molecule has 0 saturated carbocycles. The maximum absolute atomic E-state index is 13.2. The van der Waals surface area contributed by atoms with E-state index >= 15 is 0 Å². The van der Waals surface area contributed by atoms with Gasteiger partial charge in [-0.15, -0.1) is 10.2 Å². The third-order valence-corrected chi connectivity index (χ3v) is 6.50. The van der Waals surface area contributed by atoms with Crippen LogP contribution in [-0.2, 0) is 11.3 Å². The Labute approximate surface area is 192 Å². The number of anilines is 1. The van der Waals surface area contributed by atoms with Crippen molar-refractivity contribution in [1.82, 2.24) is 19.7 Å². The quantitative estimate of drug-likeness (QED) is 0.544. The van der Waals surface area contributed by atoms with Crippen LogP contribution in [0.15, 0.2) is 59.8 Å². The van der Waals surface area contributed by atoms with Crippen molar-refractivity contribution in [3.8, 4) is 0 Å². The lowest BCUT2D eigenvalue weighted by Gasteiger charge is -2.24. The van der Waals surface area contributed by atoms with E-state index in [1.807, 2.05) is 77.9 Å². The van der Waals surface area contributed by atoms with Gasteiger partial charge in [-0.25, -0.2) is 0 Å². The van der Waals surface area contributed by atoms with Crippen LogP contribution in [0.3, 0.4) is 0 Å². The van der Waals surface area contributed by atoms with Crippen molar-refractivity contribution in [2.45, 2.75) is 44.4 Å². The first-order valence-corrected chi connectivity index (χ1v) is 11.8. The first-order chi connectivity index (χ1) is 15.6. The van der Waals surface area contributed by atoms with Gasteiger partial charge < -0.3 is 14.8 Å². The van der Waals surface area contributed by atoms with Gasteiger partial charge >= 0.3 is 0 Å². The monoisotopic (exact) mass is 449 g/mol. The van der Waals surface area contributed by atoms with E-state index in [1.165, 1.54) is 11.8 Å². The molecule has 3 aromatic rings. The van der Waals surface area contributed by atoms with Crippen molar-refractivity contribution in [3.63, 3.8) is 0 Å². The molecule has 2 heterocycles. The molecule has 1 aliphatic rings. The molecular weight excluding hydrogens is 422 g/mol. The van der Waals surface area contributed by atoms with E-state index in [0.717, 1.165) is 29.9 Å². The number of hydrogen-bond acceptors (Lipinski definition) is 5. The fourth-order valence-corrected chi connectivity index (χ4v) is 4.83. The van der Waals surface area contributed by atoms with Crippen molar-refractivity contribution in [3.05, 3.63) is 71.5 Å². The van der Waals surface area contributed by atoms with Crippen LogP contribution < -0.4 is 5.32 Å². The summed E-state index contributed by atoms with van der Waals surface area (Å²) in [6.07, 6.45) is 1.79. The normalized spacial score (nSPS) is 15.7. The van der Waals surface area contributed by atoms with Crippen LogP contribution in [0.2, 0.25) is 0 Å². The molecule has 0 radical (unpaired) electrons. The number of thioether (sulfide) groups is 1. The molecule has 2 amide bonds. The summed E-state index contributed by atoms with van der Waals surface area (Å²) >= 11 is 1.36. The number of likely N-dealkylation sites (tertiary alicyclic amines) is 1. The Morgan fingerprint density at radius 2 is 1.94 bits per heavy atom. The van der Waals surface area contributed by atoms with Crippen LogP contribution in [0.25, 0.3) is 0 Å². The van der Waals surface area contributed by atoms with Gasteiger partial charge in [0.1, 0.15) is 0 Å². The third kappa shape index (κ3) is 4.85. The van der Waals surface area contributed by atoms with Gasteiger partial charge in [0.05, 0.1) is 11.8 Å². The van der Waals surface area contributed by atoms with Crippen molar-refractivity contribution in [2.24, 2.45) is 0 Å². The predicted octanol–water partition coefficient (Wildman–Crippen LogP) is 4.31. The van der Waals surface area contributed by atoms with Crippen molar-refractivity contribution >= 4 is 29.3 Å². The minimum absolute atomic E-state index is 0.0262. The number of para-hydroxylation sites is 1. The van der Waals surface area contributed by atoms with E-state index in [0.29, 0.717) is 23.8 Å². The SMILES string of the molecule is CCn1c(SCC(=O)Nc2ccccc2)nnc1C1CCCN1C(=O)c1cccc(C)c1. The smallest absolute Gasteiger partial charge is 0.254 e. The first kappa shape index (κ1) is 22.1. The van der Waals surface area contributed by atoms with Crippen molar-refractivity contribution < 1.29 is 9.59 Å². The molecule has 8 heteroatoms. The lowest BCUT2D eigenvalue weighted by atomic mass is 10.1. The summed E-state index contributed by atoms with van der Waals surface area (Å²) in [5.74, 6) is 0.963. The minimum Gasteiger partial charge on any atom is -0.328 e. The van der Waals surface area contributed by atoms with Gasteiger partial charge in [-0.3, -0.25) is 9.59 Å². The molecule has 1 fully saturated rings. The van der Waals surface area contributed by atoms with Crippen molar-refractivity contribution in [1.29, 1.82) is 0 Å². The average Bonchev–Trinajstić information content (AvgIpc) is 3.44. The molecular formula is C24H27N5O2S. The Balaban J connectivity index is 1.47. The van der Waals surface area contributed by atoms with E-state index in [9.17, 15) is 9.59 Å². The predicted molar refractivity (Wildman–Crippen MR) is 126 cm³/mol. The van der Waals surface area contributed by atoms with Crippen LogP contribution in [0.5, 0.6) is 0 Å². The molecule has 32 heavy (non-hydrogen) atoms. The summed E-state index contributed by atoms with van der Waals surface area (Å²) in [6.45, 7) is 5.40. The Morgan fingerprint density at radius 1 is 1.12 bits per heavy atom. The number of nitrogens with one attached hydrogen (secondary N) is 1. The molecule has 0 spiro atoms. The molecule has 0 bridgehead atoms. The number of aromatic nitrogens is 3. The highest BCUT2D eigenvalue weighted by Gasteiger charge is 2.34. The number of nitrogens with zero attached hydrogens (tertiary/aromatic N) is 4. The molecule has 1 N–H and O–H groups in total. The second kappa shape index (κ2) is 9.99. The minimum atomic E-state index is -0.108. The van der Waals surface area contributed by atoms with Crippen LogP contribution in [0, 0.1) is 6.92 Å². The van der Waals surface area contributed by atoms with E-state index in [-0.39, 0.29) is 23.6 Å². The molecule has 1 unspecified atom stereocenters. The van der Waals surface area contributed by atoms with Gasteiger partial charge in [0.25, 0.3) is 5.91 Å². The van der Waals surface area contributed by atoms with Gasteiger partial charge in [0.15, 0.2) is 11.0 Å². The zero-order valence-electron chi connectivity index (χ0n) is 18.3. The lowest BCUT2D eigenvalue weighted by molar-refractivity contribution is -0.113. The van der Waals surface area contributed by atoms with Crippen molar-refractivity contribution in [2.75, 3.05) is 17.6 Å². The average molecular weight is 450 g/mol. The number of aryl methyl sites for hydroxylation is 1. The van der Waals surface area contributed by atoms with Gasteiger partial charge in [-0.05, 0) is 51.0 Å². The van der Waals surface area contributed by atoms with Gasteiger partial charge in [0, 0.05) is 24.3 Å². The summed E-state index contributed by atoms with van der Waals surface area (Å²) in [5, 5.41) is 12.4. The largest absolute Gasteiger partial charge is 0.328 e. The van der Waals surface area contributed by atoms with Crippen LogP contribution in [0.4, 0.5) is 5.69 Å². The standard InChI is InChI=1S/C24H27N5O2S/c1-3-28-22(20-13-8-14-29(20)23(31)18-10-7-9-17(2)15-18)26-27-24(28)32-16-21(30)25-19-11-5-4-6-12-19/h4-7,9-12,15,20H,3,8,13-14,16H2,1-2H3,(H,25,30). The molecule has 0 aliphatic carbocycles. The van der Waals surface area contributed by atoms with E-state index in [4.69, 9.17) is 0 Å². The second-order valence-electron chi connectivity index (χ2n) is 7.81. The van der Waals surface area contributed by atoms with Gasteiger partial charge in [-0.1, -0.05) is 47.7 Å². The van der Waals surface area contributed by atoms with Crippen LogP contribution in [-0.4, -0.2) is 43.8 Å². The number of rotatable bonds is 7. The fraction of sp³-hybridized carbons (Fsp3) is 0.333. The Hall–Kier alpha value is -3.13. The Kier molecular flexibility index (Phi) is 6.90. The van der Waals surface area contributed by atoms with Gasteiger partial charge in [0.2, 0.25) is 5.91 Å². The summed E-state index contributed by atoms with van der Waals surface area (Å²) in [6, 6.07) is 17.0. The summed E-state index contributed by atoms with van der Waals surface area (Å²) in [7, 11) is 0. The summed E-state index contributed by atoms with van der Waals surface area (Å²) < 4.78 is 2.02. The highest BCUT2D eigenvalue weighted by atomic mass is 32.2. The number of carbonyl (C=O) groups excluding carboxylic acids is 2. The summed E-state index contributed by atoms with van der Waals surface area (Å²) in [5.41, 5.74) is 2.54. The molecule has 1 atom stereocenters. The summed E-state index contributed by atoms with van der Waals surface area (Å²) in [4.78, 5) is 27.4. The number of hydrogen-bond donors (Lipinski definition) is 1. The molecule has 7 nitrogen and oxygen atoms in total. The van der Waals surface area contributed by atoms with Gasteiger partial charge in [-0.2, -0.15) is 0 Å². The molecule has 4 rings (SSSR count). The maximum Gasteiger partial charge on any atom is 0.254 e. The Morgan fingerprint density at radius 3 is 2.69 bits per heavy atom. The van der Waals surface area contributed by atoms with Crippen LogP contribution in [0.1, 0.15) is 47.6 Å². The fourth-order valence-electron chi connectivity index (χ4n) is 4.02. The highest BCUT2D eigenvalue weighted by Crippen LogP contribution is 2.34. The molecule has 1 aromatic heterocycles. The Bertz CT molecular complexity index is 1100. The lowest BCUT2D eigenvalue weighted by Crippen LogP contribution is -2.32. The molecule has 1 aliphatic heterocycles. The van der Waals surface area contributed by atoms with Crippen LogP contribution >= 0.6 is 11.8 Å². The second-order valence-corrected chi connectivity index (χ2v) is 8.76. The molecule has 166 valence electrons. The molecule has 1 saturated heterocycles. The number of carbonyl (C=O) groups is 2. The number of amides is 2. The molecule has 2 aromatic carbocycles. The van der Waals surface area contributed by atoms with E-state index < -0.39 is 0 Å². The van der Waals surface area contributed by atoms with E-state index in [1.54, 1.807) is 0 Å². The first-order valence-electron chi connectivity index (χ1n) is 10.8. The van der Waals surface area contributed by atoms with E-state index in [2.05, 4.69) is 15.5 Å².